The highest BCUT2D eigenvalue weighted by molar-refractivity contribution is 5.91. The summed E-state index contributed by atoms with van der Waals surface area (Å²) in [5.41, 5.74) is 4.05. The van der Waals surface area contributed by atoms with Crippen LogP contribution in [0.1, 0.15) is 35.7 Å². The summed E-state index contributed by atoms with van der Waals surface area (Å²) in [6.45, 7) is 1.53. The van der Waals surface area contributed by atoms with Crippen LogP contribution in [-0.2, 0) is 10.9 Å². The highest BCUT2D eigenvalue weighted by Gasteiger charge is 2.36. The number of alkyl halides is 3. The zero-order valence-corrected chi connectivity index (χ0v) is 12.7. The number of nitrogens with two attached hydrogens (primary N) is 1. The molecule has 124 valence electrons. The van der Waals surface area contributed by atoms with Crippen molar-refractivity contribution in [2.45, 2.75) is 38.1 Å². The van der Waals surface area contributed by atoms with Crippen molar-refractivity contribution in [2.75, 3.05) is 6.61 Å². The van der Waals surface area contributed by atoms with E-state index in [4.69, 9.17) is 10.5 Å². The van der Waals surface area contributed by atoms with Gasteiger partial charge in [0.05, 0.1) is 17.7 Å². The number of esters is 1. The van der Waals surface area contributed by atoms with Gasteiger partial charge in [-0.2, -0.15) is 13.2 Å². The third-order valence-electron chi connectivity index (χ3n) is 3.23. The van der Waals surface area contributed by atoms with Crippen LogP contribution in [0.4, 0.5) is 13.2 Å². The van der Waals surface area contributed by atoms with Crippen molar-refractivity contribution in [2.24, 2.45) is 5.73 Å². The fraction of sp³-hybridized carbons (Fsp3) is 0.500. The lowest BCUT2D eigenvalue weighted by molar-refractivity contribution is -0.138. The lowest BCUT2D eigenvalue weighted by Gasteiger charge is -2.32. The Morgan fingerprint density at radius 2 is 2.00 bits per heavy atom. The van der Waals surface area contributed by atoms with E-state index < -0.39 is 23.3 Å². The smallest absolute Gasteiger partial charge is 0.417 e. The molecule has 0 atom stereocenters. The van der Waals surface area contributed by atoms with Gasteiger partial charge >= 0.3 is 12.1 Å². The Morgan fingerprint density at radius 1 is 1.36 bits per heavy atom. The van der Waals surface area contributed by atoms with E-state index in [1.807, 2.05) is 0 Å². The van der Waals surface area contributed by atoms with Crippen LogP contribution in [0.15, 0.2) is 18.2 Å². The minimum Gasteiger partial charge on any atom is -0.490 e. The predicted octanol–water partition coefficient (Wildman–Crippen LogP) is 3.17. The molecule has 1 aliphatic rings. The number of halogens is 4. The third-order valence-corrected chi connectivity index (χ3v) is 3.23. The number of carbonyl (C=O) groups is 1. The van der Waals surface area contributed by atoms with Crippen molar-refractivity contribution in [3.8, 4) is 5.75 Å². The van der Waals surface area contributed by atoms with E-state index in [-0.39, 0.29) is 36.9 Å². The maximum atomic E-state index is 12.9. The zero-order valence-electron chi connectivity index (χ0n) is 11.9. The average molecular weight is 340 g/mol. The fourth-order valence-electron chi connectivity index (χ4n) is 2.12. The van der Waals surface area contributed by atoms with Crippen molar-refractivity contribution >= 4 is 18.4 Å². The van der Waals surface area contributed by atoms with Crippen molar-refractivity contribution in [1.82, 2.24) is 0 Å². The summed E-state index contributed by atoms with van der Waals surface area (Å²) in [6, 6.07) is 3.18. The Morgan fingerprint density at radius 3 is 2.50 bits per heavy atom. The van der Waals surface area contributed by atoms with Gasteiger partial charge in [0.2, 0.25) is 0 Å². The van der Waals surface area contributed by atoms with Gasteiger partial charge in [-0.25, -0.2) is 4.79 Å². The molecule has 0 unspecified atom stereocenters. The first-order valence-corrected chi connectivity index (χ1v) is 6.62. The number of hydrogen-bond acceptors (Lipinski definition) is 4. The number of hydrogen-bond donors (Lipinski definition) is 1. The molecule has 0 aliphatic heterocycles. The molecular weight excluding hydrogens is 323 g/mol. The van der Waals surface area contributed by atoms with Crippen LogP contribution in [0.5, 0.6) is 5.75 Å². The number of carbonyl (C=O) groups excluding carboxylic acids is 1. The van der Waals surface area contributed by atoms with Gasteiger partial charge in [0, 0.05) is 6.04 Å². The largest absolute Gasteiger partial charge is 0.490 e. The fourth-order valence-corrected chi connectivity index (χ4v) is 2.12. The maximum absolute atomic E-state index is 12.9. The molecule has 1 aliphatic carbocycles. The third kappa shape index (κ3) is 4.27. The van der Waals surface area contributed by atoms with E-state index in [1.54, 1.807) is 0 Å². The highest BCUT2D eigenvalue weighted by Crippen LogP contribution is 2.35. The SMILES string of the molecule is CCOC(=O)c1cc(OC2CC(N)C2)ccc1C(F)(F)F.Cl. The van der Waals surface area contributed by atoms with Gasteiger partial charge in [0.15, 0.2) is 0 Å². The van der Waals surface area contributed by atoms with E-state index in [0.717, 1.165) is 12.1 Å². The number of benzene rings is 1. The van der Waals surface area contributed by atoms with Crippen molar-refractivity contribution in [3.05, 3.63) is 29.3 Å². The van der Waals surface area contributed by atoms with Crippen LogP contribution in [0, 0.1) is 0 Å². The summed E-state index contributed by atoms with van der Waals surface area (Å²) in [5, 5.41) is 0. The molecule has 0 spiro atoms. The summed E-state index contributed by atoms with van der Waals surface area (Å²) in [4.78, 5) is 11.7. The summed E-state index contributed by atoms with van der Waals surface area (Å²) in [5.74, 6) is -0.802. The lowest BCUT2D eigenvalue weighted by Crippen LogP contribution is -2.43. The molecule has 1 fully saturated rings. The van der Waals surface area contributed by atoms with Crippen LogP contribution in [0.25, 0.3) is 0 Å². The normalized spacial score (nSPS) is 20.6. The second kappa shape index (κ2) is 7.19. The molecule has 0 radical (unpaired) electrons. The number of ether oxygens (including phenoxy) is 2. The highest BCUT2D eigenvalue weighted by atomic mass is 35.5. The quantitative estimate of drug-likeness (QED) is 0.856. The van der Waals surface area contributed by atoms with Gasteiger partial charge in [-0.1, -0.05) is 0 Å². The van der Waals surface area contributed by atoms with Crippen molar-refractivity contribution in [3.63, 3.8) is 0 Å². The molecule has 0 amide bonds. The molecule has 0 saturated heterocycles. The number of rotatable bonds is 4. The van der Waals surface area contributed by atoms with Crippen LogP contribution in [0.2, 0.25) is 0 Å². The van der Waals surface area contributed by atoms with Crippen LogP contribution >= 0.6 is 12.4 Å². The average Bonchev–Trinajstić information content (AvgIpc) is 2.36. The van der Waals surface area contributed by atoms with Crippen molar-refractivity contribution in [1.29, 1.82) is 0 Å². The molecule has 22 heavy (non-hydrogen) atoms. The Balaban J connectivity index is 0.00000242. The Labute approximate surface area is 132 Å². The van der Waals surface area contributed by atoms with Crippen LogP contribution in [0.3, 0.4) is 0 Å². The minimum absolute atomic E-state index is 0. The minimum atomic E-state index is -4.63. The summed E-state index contributed by atoms with van der Waals surface area (Å²) >= 11 is 0. The van der Waals surface area contributed by atoms with Gasteiger partial charge in [-0.15, -0.1) is 12.4 Å². The standard InChI is InChI=1S/C14H16F3NO3.ClH/c1-2-20-13(19)11-7-9(21-10-5-8(18)6-10)3-4-12(11)14(15,16)17;/h3-4,7-8,10H,2,5-6,18H2,1H3;1H. The van der Waals surface area contributed by atoms with E-state index >= 15 is 0 Å². The Hall–Kier alpha value is -1.47. The summed E-state index contributed by atoms with van der Waals surface area (Å²) in [6.07, 6.45) is -3.45. The van der Waals surface area contributed by atoms with Crippen LogP contribution in [-0.4, -0.2) is 24.7 Å². The molecular formula is C14H17ClF3NO3. The summed E-state index contributed by atoms with van der Waals surface area (Å²) < 4.78 is 48.9. The van der Waals surface area contributed by atoms with Gasteiger partial charge in [-0.3, -0.25) is 0 Å². The maximum Gasteiger partial charge on any atom is 0.417 e. The second-order valence-corrected chi connectivity index (χ2v) is 4.90. The first-order valence-electron chi connectivity index (χ1n) is 6.62. The monoisotopic (exact) mass is 339 g/mol. The molecule has 0 aromatic heterocycles. The Bertz CT molecular complexity index is 531. The topological polar surface area (TPSA) is 61.5 Å². The molecule has 8 heteroatoms. The molecule has 2 N–H and O–H groups in total. The predicted molar refractivity (Wildman–Crippen MR) is 76.3 cm³/mol. The van der Waals surface area contributed by atoms with E-state index in [9.17, 15) is 18.0 Å². The summed E-state index contributed by atoms with van der Waals surface area (Å²) in [7, 11) is 0. The lowest BCUT2D eigenvalue weighted by atomic mass is 9.90. The van der Waals surface area contributed by atoms with Gasteiger partial charge in [-0.05, 0) is 38.0 Å². The zero-order chi connectivity index (χ0) is 15.6. The molecule has 1 saturated carbocycles. The van der Waals surface area contributed by atoms with E-state index in [0.29, 0.717) is 12.8 Å². The molecule has 0 heterocycles. The second-order valence-electron chi connectivity index (χ2n) is 4.90. The van der Waals surface area contributed by atoms with Gasteiger partial charge in [0.1, 0.15) is 11.9 Å². The first kappa shape index (κ1) is 18.6. The van der Waals surface area contributed by atoms with Crippen LogP contribution < -0.4 is 10.5 Å². The molecule has 1 aromatic rings. The molecule has 2 rings (SSSR count). The van der Waals surface area contributed by atoms with Crippen molar-refractivity contribution < 1.29 is 27.4 Å². The van der Waals surface area contributed by atoms with Gasteiger partial charge in [0.25, 0.3) is 0 Å². The molecule has 1 aromatic carbocycles. The first-order chi connectivity index (χ1) is 9.81. The molecule has 0 bridgehead atoms. The van der Waals surface area contributed by atoms with E-state index in [1.165, 1.54) is 13.0 Å². The van der Waals surface area contributed by atoms with Gasteiger partial charge < -0.3 is 15.2 Å². The Kier molecular flexibility index (Phi) is 6.08. The molecule has 4 nitrogen and oxygen atoms in total. The van der Waals surface area contributed by atoms with E-state index in [2.05, 4.69) is 4.74 Å².